The Labute approximate surface area is 206 Å². The van der Waals surface area contributed by atoms with Gasteiger partial charge in [-0.2, -0.15) is 4.79 Å². The van der Waals surface area contributed by atoms with Crippen LogP contribution in [0, 0.1) is 11.6 Å². The molecule has 0 aliphatic carbocycles. The summed E-state index contributed by atoms with van der Waals surface area (Å²) in [5.74, 6) is -3.37. The molecule has 0 aromatic heterocycles. The van der Waals surface area contributed by atoms with E-state index in [1.165, 1.54) is 54.7 Å². The normalized spacial score (nSPS) is 16.9. The van der Waals surface area contributed by atoms with E-state index in [0.717, 1.165) is 12.1 Å². The van der Waals surface area contributed by atoms with Crippen molar-refractivity contribution >= 4 is 29.7 Å². The van der Waals surface area contributed by atoms with E-state index < -0.39 is 45.4 Å². The fraction of sp³-hybridized carbons (Fsp3) is 0.280. The maximum atomic E-state index is 13.9. The molecule has 36 heavy (non-hydrogen) atoms. The second kappa shape index (κ2) is 10.2. The molecule has 3 rings (SSSR count). The molecule has 1 aliphatic heterocycles. The lowest BCUT2D eigenvalue weighted by atomic mass is 10.2. The first kappa shape index (κ1) is 26.5. The van der Waals surface area contributed by atoms with Gasteiger partial charge in [0, 0.05) is 25.7 Å². The van der Waals surface area contributed by atoms with Crippen LogP contribution in [0.15, 0.2) is 59.9 Å². The summed E-state index contributed by atoms with van der Waals surface area (Å²) < 4.78 is 36.9. The first-order chi connectivity index (χ1) is 16.8. The number of carboxylic acid groups (broad SMARTS) is 1. The van der Waals surface area contributed by atoms with E-state index in [4.69, 9.17) is 9.47 Å². The summed E-state index contributed by atoms with van der Waals surface area (Å²) in [5, 5.41) is 10.1. The van der Waals surface area contributed by atoms with Crippen LogP contribution >= 0.6 is 0 Å². The fourth-order valence-electron chi connectivity index (χ4n) is 3.43. The highest BCUT2D eigenvalue weighted by molar-refractivity contribution is 6.11. The number of carbonyl (C=O) groups excluding carboxylic acids is 2. The number of aliphatic imine (C=N–C) groups is 1. The lowest BCUT2D eigenvalue weighted by Gasteiger charge is -2.28. The van der Waals surface area contributed by atoms with Crippen molar-refractivity contribution in [3.05, 3.63) is 72.1 Å². The van der Waals surface area contributed by atoms with E-state index in [0.29, 0.717) is 0 Å². The van der Waals surface area contributed by atoms with Crippen molar-refractivity contribution in [2.45, 2.75) is 32.8 Å². The molecule has 0 saturated heterocycles. The van der Waals surface area contributed by atoms with E-state index in [1.807, 2.05) is 0 Å². The summed E-state index contributed by atoms with van der Waals surface area (Å²) in [6.07, 6.45) is 1.06. The van der Waals surface area contributed by atoms with Gasteiger partial charge >= 0.3 is 18.2 Å². The zero-order valence-electron chi connectivity index (χ0n) is 20.2. The average Bonchev–Trinajstić information content (AvgIpc) is 3.23. The predicted octanol–water partition coefficient (Wildman–Crippen LogP) is 5.31. The molecule has 11 heteroatoms. The number of benzene rings is 2. The Morgan fingerprint density at radius 3 is 2.36 bits per heavy atom. The van der Waals surface area contributed by atoms with Gasteiger partial charge < -0.3 is 19.5 Å². The number of esters is 1. The molecule has 2 aromatic carbocycles. The van der Waals surface area contributed by atoms with Crippen molar-refractivity contribution < 1.29 is 37.7 Å². The molecule has 0 radical (unpaired) electrons. The summed E-state index contributed by atoms with van der Waals surface area (Å²) >= 11 is 0. The molecule has 0 spiro atoms. The van der Waals surface area contributed by atoms with Crippen molar-refractivity contribution in [3.8, 4) is 5.75 Å². The third kappa shape index (κ3) is 5.57. The van der Waals surface area contributed by atoms with Crippen molar-refractivity contribution in [1.82, 2.24) is 9.38 Å². The quantitative estimate of drug-likeness (QED) is 0.326. The van der Waals surface area contributed by atoms with Crippen molar-refractivity contribution in [3.63, 3.8) is 0 Å². The van der Waals surface area contributed by atoms with E-state index >= 15 is 0 Å². The molecule has 0 fully saturated rings. The zero-order chi connectivity index (χ0) is 26.7. The maximum absolute atomic E-state index is 13.9. The molecule has 1 heterocycles. The van der Waals surface area contributed by atoms with E-state index in [2.05, 4.69) is 4.99 Å². The maximum Gasteiger partial charge on any atom is 0.529 e. The van der Waals surface area contributed by atoms with Gasteiger partial charge in [-0.05, 0) is 45.0 Å². The van der Waals surface area contributed by atoms with E-state index in [-0.39, 0.29) is 30.2 Å². The Hall–Kier alpha value is -4.12. The molecule has 0 bridgehead atoms. The van der Waals surface area contributed by atoms with Crippen LogP contribution in [0.5, 0.6) is 5.75 Å². The van der Waals surface area contributed by atoms with Crippen molar-refractivity contribution in [2.75, 3.05) is 13.6 Å². The van der Waals surface area contributed by atoms with E-state index in [1.54, 1.807) is 20.8 Å². The van der Waals surface area contributed by atoms with Crippen LogP contribution in [0.3, 0.4) is 0 Å². The van der Waals surface area contributed by atoms with Crippen LogP contribution in [0.1, 0.15) is 37.6 Å². The molecule has 2 amide bonds. The SMILES string of the molecule is CN(CCC1=NC=C[N+]1(C(=O)O)c1ccc(OC(=O)c2cccc(F)c2F)cc1)C(=O)OC(C)(C)C. The van der Waals surface area contributed by atoms with Gasteiger partial charge in [-0.1, -0.05) is 6.07 Å². The lowest BCUT2D eigenvalue weighted by molar-refractivity contribution is 0.0302. The molecule has 0 saturated carbocycles. The topological polar surface area (TPSA) is 106 Å². The third-order valence-corrected chi connectivity index (χ3v) is 5.22. The Morgan fingerprint density at radius 1 is 1.08 bits per heavy atom. The number of rotatable bonds is 6. The molecule has 190 valence electrons. The van der Waals surface area contributed by atoms with Gasteiger partial charge in [0.25, 0.3) is 0 Å². The van der Waals surface area contributed by atoms with Crippen LogP contribution in [0.4, 0.5) is 24.1 Å². The minimum Gasteiger partial charge on any atom is -0.444 e. The number of amides is 2. The Kier molecular flexibility index (Phi) is 7.54. The Morgan fingerprint density at radius 2 is 1.75 bits per heavy atom. The average molecular weight is 502 g/mol. The first-order valence-corrected chi connectivity index (χ1v) is 10.9. The summed E-state index contributed by atoms with van der Waals surface area (Å²) in [5.41, 5.74) is -0.976. The molecule has 9 nitrogen and oxygen atoms in total. The summed E-state index contributed by atoms with van der Waals surface area (Å²) in [6, 6.07) is 8.66. The van der Waals surface area contributed by atoms with Crippen LogP contribution in [-0.2, 0) is 4.74 Å². The highest BCUT2D eigenvalue weighted by Crippen LogP contribution is 2.32. The number of amidine groups is 1. The minimum atomic E-state index is -1.33. The summed E-state index contributed by atoms with van der Waals surface area (Å²) in [7, 11) is 1.54. The molecule has 1 aliphatic rings. The number of halogens is 2. The number of hydrogen-bond acceptors (Lipinski definition) is 6. The van der Waals surface area contributed by atoms with Crippen LogP contribution in [0.2, 0.25) is 0 Å². The van der Waals surface area contributed by atoms with Gasteiger partial charge in [0.05, 0.1) is 18.2 Å². The molecule has 1 atom stereocenters. The van der Waals surface area contributed by atoms with Crippen molar-refractivity contribution in [1.29, 1.82) is 0 Å². The van der Waals surface area contributed by atoms with E-state index in [9.17, 15) is 28.3 Å². The van der Waals surface area contributed by atoms with Gasteiger partial charge in [-0.3, -0.25) is 0 Å². The highest BCUT2D eigenvalue weighted by Gasteiger charge is 2.46. The number of quaternary nitrogens is 1. The van der Waals surface area contributed by atoms with Crippen LogP contribution < -0.4 is 9.22 Å². The zero-order valence-corrected chi connectivity index (χ0v) is 20.2. The predicted molar refractivity (Wildman–Crippen MR) is 128 cm³/mol. The highest BCUT2D eigenvalue weighted by atomic mass is 19.2. The molecule has 2 aromatic rings. The molecular formula is C25H26F2N3O6+. The fourth-order valence-corrected chi connectivity index (χ4v) is 3.43. The largest absolute Gasteiger partial charge is 0.529 e. The second-order valence-electron chi connectivity index (χ2n) is 8.99. The van der Waals surface area contributed by atoms with Gasteiger partial charge in [-0.15, -0.1) is 4.48 Å². The van der Waals surface area contributed by atoms with Gasteiger partial charge in [0.15, 0.2) is 17.3 Å². The lowest BCUT2D eigenvalue weighted by Crippen LogP contribution is -2.52. The number of hydrogen-bond donors (Lipinski definition) is 1. The summed E-state index contributed by atoms with van der Waals surface area (Å²) in [6.45, 7) is 5.38. The number of nitrogens with zero attached hydrogens (tertiary/aromatic N) is 3. The Bertz CT molecular complexity index is 1240. The first-order valence-electron chi connectivity index (χ1n) is 10.9. The van der Waals surface area contributed by atoms with Gasteiger partial charge in [0.1, 0.15) is 17.6 Å². The molecule has 1 N–H and O–H groups in total. The smallest absolute Gasteiger partial charge is 0.444 e. The Balaban J connectivity index is 1.76. The minimum absolute atomic E-state index is 0.00211. The van der Waals surface area contributed by atoms with Crippen molar-refractivity contribution in [2.24, 2.45) is 4.99 Å². The summed E-state index contributed by atoms with van der Waals surface area (Å²) in [4.78, 5) is 42.4. The van der Waals surface area contributed by atoms with Crippen LogP contribution in [0.25, 0.3) is 0 Å². The number of ether oxygens (including phenoxy) is 2. The molecular weight excluding hydrogens is 476 g/mol. The second-order valence-corrected chi connectivity index (χ2v) is 8.99. The van der Waals surface area contributed by atoms with Crippen LogP contribution in [-0.4, -0.2) is 53.2 Å². The monoisotopic (exact) mass is 502 g/mol. The standard InChI is InChI=1S/C25H25F2N3O6/c1-25(2,3)36-23(32)29(4)14-12-20-28-13-15-30(20,24(33)34)16-8-10-17(11-9-16)35-22(31)18-6-5-7-19(26)21(18)27/h5-11,13,15H,12,14H2,1-4H3/p+1. The van der Waals surface area contributed by atoms with Gasteiger partial charge in [0.2, 0.25) is 5.84 Å². The van der Waals surface area contributed by atoms with Gasteiger partial charge in [-0.25, -0.2) is 23.4 Å². The third-order valence-electron chi connectivity index (χ3n) is 5.22. The molecule has 1 unspecified atom stereocenters. The number of carbonyl (C=O) groups is 3.